The molecule has 2 bridgehead atoms. The van der Waals surface area contributed by atoms with E-state index in [1.54, 1.807) is 0 Å². The molecular weight excluding hydrogens is 386 g/mol. The lowest BCUT2D eigenvalue weighted by molar-refractivity contribution is -0.217. The summed E-state index contributed by atoms with van der Waals surface area (Å²) < 4.78 is 21.6. The molecule has 0 N–H and O–H groups in total. The molecule has 4 nitrogen and oxygen atoms in total. The number of hydrogen-bond donors (Lipinski definition) is 0. The summed E-state index contributed by atoms with van der Waals surface area (Å²) in [5.74, 6) is 4.28. The molecule has 2 aliphatic carbocycles. The zero-order valence-corrected chi connectivity index (χ0v) is 15.7. The summed E-state index contributed by atoms with van der Waals surface area (Å²) in [7, 11) is 2.93. The van der Waals surface area contributed by atoms with Gasteiger partial charge < -0.3 is 18.9 Å². The van der Waals surface area contributed by atoms with Gasteiger partial charge in [-0.25, -0.2) is 0 Å². The first-order valence-electron chi connectivity index (χ1n) is 7.09. The van der Waals surface area contributed by atoms with Gasteiger partial charge in [0, 0.05) is 14.2 Å². The van der Waals surface area contributed by atoms with Crippen molar-refractivity contribution in [2.24, 2.45) is 5.92 Å². The van der Waals surface area contributed by atoms with Crippen molar-refractivity contribution in [1.82, 2.24) is 0 Å². The van der Waals surface area contributed by atoms with Crippen LogP contribution in [0.4, 0.5) is 0 Å². The topological polar surface area (TPSA) is 40.2 Å². The quantitative estimate of drug-likeness (QED) is 0.233. The molecule has 23 heavy (non-hydrogen) atoms. The second-order valence-corrected chi connectivity index (χ2v) is 7.71. The molecule has 0 aromatic rings. The van der Waals surface area contributed by atoms with Crippen molar-refractivity contribution in [1.29, 1.82) is 0 Å². The molecular formula is C15H16Cl4O4. The van der Waals surface area contributed by atoms with Crippen molar-refractivity contribution < 1.29 is 18.9 Å². The van der Waals surface area contributed by atoms with E-state index in [-0.39, 0.29) is 28.7 Å². The van der Waals surface area contributed by atoms with E-state index in [1.165, 1.54) is 14.2 Å². The highest BCUT2D eigenvalue weighted by Crippen LogP contribution is 2.71. The Balaban J connectivity index is 1.82. The summed E-state index contributed by atoms with van der Waals surface area (Å²) in [4.78, 5) is -2.43. The van der Waals surface area contributed by atoms with Gasteiger partial charge in [0.05, 0.1) is 29.2 Å². The SMILES string of the molecule is COC1(OC)C2(Cl)CC(C#CCOCC3CO3)C1(Cl)C(Cl)=C2Cl. The molecule has 1 heterocycles. The number of methoxy groups -OCH3 is 2. The Morgan fingerprint density at radius 2 is 1.87 bits per heavy atom. The summed E-state index contributed by atoms with van der Waals surface area (Å²) in [5.41, 5.74) is 0. The standard InChI is InChI=1S/C15H16Cl4O4/c1-20-15(21-2)13(18)6-9(14(15,19)12(17)11(13)16)4-3-5-22-7-10-8-23-10/h9-10H,5-8H2,1-2H3. The van der Waals surface area contributed by atoms with Crippen molar-refractivity contribution in [2.75, 3.05) is 34.0 Å². The molecule has 4 atom stereocenters. The molecule has 1 saturated carbocycles. The third-order valence-corrected chi connectivity index (χ3v) is 7.14. The number of alkyl halides is 2. The van der Waals surface area contributed by atoms with Crippen LogP contribution in [0.2, 0.25) is 0 Å². The maximum Gasteiger partial charge on any atom is 0.218 e. The van der Waals surface area contributed by atoms with Crippen molar-refractivity contribution in [3.05, 3.63) is 10.1 Å². The second kappa shape index (κ2) is 6.23. The van der Waals surface area contributed by atoms with Crippen LogP contribution in [0, 0.1) is 17.8 Å². The van der Waals surface area contributed by atoms with Gasteiger partial charge in [0.2, 0.25) is 5.79 Å². The number of rotatable bonds is 5. The third-order valence-electron chi connectivity index (χ3n) is 4.56. The van der Waals surface area contributed by atoms with Crippen LogP contribution in [0.5, 0.6) is 0 Å². The highest BCUT2D eigenvalue weighted by Gasteiger charge is 2.80. The first-order valence-corrected chi connectivity index (χ1v) is 8.60. The Hall–Kier alpha value is 0.300. The largest absolute Gasteiger partial charge is 0.371 e. The predicted molar refractivity (Wildman–Crippen MR) is 89.1 cm³/mol. The van der Waals surface area contributed by atoms with Gasteiger partial charge >= 0.3 is 0 Å². The molecule has 128 valence electrons. The van der Waals surface area contributed by atoms with E-state index in [2.05, 4.69) is 11.8 Å². The van der Waals surface area contributed by atoms with E-state index < -0.39 is 15.5 Å². The molecule has 1 aliphatic heterocycles. The van der Waals surface area contributed by atoms with E-state index in [1.807, 2.05) is 0 Å². The number of ether oxygens (including phenoxy) is 4. The van der Waals surface area contributed by atoms with Gasteiger partial charge in [0.15, 0.2) is 4.87 Å². The van der Waals surface area contributed by atoms with Crippen molar-refractivity contribution >= 4 is 46.4 Å². The van der Waals surface area contributed by atoms with Crippen LogP contribution in [-0.2, 0) is 18.9 Å². The monoisotopic (exact) mass is 400 g/mol. The summed E-state index contributed by atoms with van der Waals surface area (Å²) in [6.45, 7) is 1.57. The second-order valence-electron chi connectivity index (χ2n) is 5.71. The van der Waals surface area contributed by atoms with Crippen molar-refractivity contribution in [3.8, 4) is 11.8 Å². The molecule has 3 rings (SSSR count). The fourth-order valence-corrected chi connectivity index (χ4v) is 5.37. The maximum absolute atomic E-state index is 6.82. The number of hydrogen-bond acceptors (Lipinski definition) is 4. The minimum atomic E-state index is -1.38. The summed E-state index contributed by atoms with van der Waals surface area (Å²) >= 11 is 26.2. The lowest BCUT2D eigenvalue weighted by Crippen LogP contribution is -2.56. The fraction of sp³-hybridized carbons (Fsp3) is 0.733. The molecule has 0 aromatic carbocycles. The lowest BCUT2D eigenvalue weighted by Gasteiger charge is -2.40. The van der Waals surface area contributed by atoms with Gasteiger partial charge in [0.25, 0.3) is 0 Å². The summed E-state index contributed by atoms with van der Waals surface area (Å²) in [6, 6.07) is 0. The maximum atomic E-state index is 6.82. The average molecular weight is 402 g/mol. The molecule has 2 fully saturated rings. The highest BCUT2D eigenvalue weighted by molar-refractivity contribution is 6.52. The van der Waals surface area contributed by atoms with Crippen LogP contribution >= 0.6 is 46.4 Å². The van der Waals surface area contributed by atoms with E-state index >= 15 is 0 Å². The number of halogens is 4. The molecule has 0 radical (unpaired) electrons. The first-order chi connectivity index (χ1) is 10.9. The zero-order chi connectivity index (χ0) is 16.9. The Morgan fingerprint density at radius 3 is 2.39 bits per heavy atom. The predicted octanol–water partition coefficient (Wildman–Crippen LogP) is 3.07. The number of epoxide rings is 1. The molecule has 0 aromatic heterocycles. The Morgan fingerprint density at radius 1 is 1.22 bits per heavy atom. The highest BCUT2D eigenvalue weighted by atomic mass is 35.5. The van der Waals surface area contributed by atoms with Gasteiger partial charge in [-0.05, 0) is 6.42 Å². The Labute approximate surface area is 155 Å². The van der Waals surface area contributed by atoms with Crippen LogP contribution < -0.4 is 0 Å². The van der Waals surface area contributed by atoms with Crippen LogP contribution in [0.15, 0.2) is 10.1 Å². The Bertz CT molecular complexity index is 590. The molecule has 4 unspecified atom stereocenters. The molecule has 3 aliphatic rings. The molecule has 0 amide bonds. The van der Waals surface area contributed by atoms with Crippen molar-refractivity contribution in [2.45, 2.75) is 28.1 Å². The van der Waals surface area contributed by atoms with Gasteiger partial charge in [-0.3, -0.25) is 0 Å². The normalized spacial score (nSPS) is 40.3. The molecule has 8 heteroatoms. The first kappa shape index (κ1) is 18.1. The van der Waals surface area contributed by atoms with Crippen LogP contribution in [0.3, 0.4) is 0 Å². The zero-order valence-electron chi connectivity index (χ0n) is 12.6. The number of fused-ring (bicyclic) bond motifs is 2. The minimum Gasteiger partial charge on any atom is -0.371 e. The van der Waals surface area contributed by atoms with E-state index in [4.69, 9.17) is 65.4 Å². The van der Waals surface area contributed by atoms with Gasteiger partial charge in [-0.2, -0.15) is 0 Å². The minimum absolute atomic E-state index is 0.204. The average Bonchev–Trinajstić information content (AvgIpc) is 3.31. The van der Waals surface area contributed by atoms with E-state index in [0.29, 0.717) is 13.0 Å². The fourth-order valence-electron chi connectivity index (χ4n) is 3.36. The Kier molecular flexibility index (Phi) is 4.90. The lowest BCUT2D eigenvalue weighted by atomic mass is 9.92. The van der Waals surface area contributed by atoms with E-state index in [0.717, 1.165) is 6.61 Å². The van der Waals surface area contributed by atoms with Gasteiger partial charge in [-0.1, -0.05) is 35.0 Å². The van der Waals surface area contributed by atoms with Crippen LogP contribution in [0.1, 0.15) is 6.42 Å². The smallest absolute Gasteiger partial charge is 0.218 e. The summed E-state index contributed by atoms with van der Waals surface area (Å²) in [6.07, 6.45) is 0.573. The molecule has 0 spiro atoms. The van der Waals surface area contributed by atoms with Gasteiger partial charge in [-0.15, -0.1) is 23.2 Å². The summed E-state index contributed by atoms with van der Waals surface area (Å²) in [5, 5.41) is 0.470. The van der Waals surface area contributed by atoms with E-state index in [9.17, 15) is 0 Å². The van der Waals surface area contributed by atoms with Gasteiger partial charge in [0.1, 0.15) is 17.6 Å². The molecule has 1 saturated heterocycles. The van der Waals surface area contributed by atoms with Crippen LogP contribution in [-0.4, -0.2) is 55.7 Å². The van der Waals surface area contributed by atoms with Crippen LogP contribution in [0.25, 0.3) is 0 Å². The van der Waals surface area contributed by atoms with Crippen molar-refractivity contribution in [3.63, 3.8) is 0 Å². The third kappa shape index (κ3) is 2.37.